The SMILES string of the molecule is CCCNC(c1cscc1Br)C(C)(CC)N(CC)CC. The molecule has 116 valence electrons. The lowest BCUT2D eigenvalue weighted by atomic mass is 9.83. The van der Waals surface area contributed by atoms with E-state index < -0.39 is 0 Å². The summed E-state index contributed by atoms with van der Waals surface area (Å²) in [5.41, 5.74) is 1.54. The first kappa shape index (κ1) is 18.1. The molecule has 0 amide bonds. The Kier molecular flexibility index (Phi) is 7.73. The number of hydrogen-bond donors (Lipinski definition) is 1. The minimum Gasteiger partial charge on any atom is -0.308 e. The van der Waals surface area contributed by atoms with Gasteiger partial charge in [0.15, 0.2) is 0 Å². The van der Waals surface area contributed by atoms with Crippen molar-refractivity contribution >= 4 is 27.3 Å². The second-order valence-corrected chi connectivity index (χ2v) is 7.04. The molecule has 0 aliphatic rings. The number of nitrogens with zero attached hydrogens (tertiary/aromatic N) is 1. The summed E-state index contributed by atoms with van der Waals surface area (Å²) in [5.74, 6) is 0. The molecule has 0 spiro atoms. The summed E-state index contributed by atoms with van der Waals surface area (Å²) in [7, 11) is 0. The second-order valence-electron chi connectivity index (χ2n) is 5.45. The molecular weight excluding hydrogens is 332 g/mol. The van der Waals surface area contributed by atoms with Gasteiger partial charge in [-0.3, -0.25) is 4.90 Å². The first-order chi connectivity index (χ1) is 9.54. The van der Waals surface area contributed by atoms with Crippen LogP contribution in [-0.4, -0.2) is 30.1 Å². The Labute approximate surface area is 137 Å². The lowest BCUT2D eigenvalue weighted by Gasteiger charge is -2.46. The lowest BCUT2D eigenvalue weighted by Crippen LogP contribution is -2.54. The maximum atomic E-state index is 3.79. The average Bonchev–Trinajstić information content (AvgIpc) is 2.86. The third-order valence-corrected chi connectivity index (χ3v) is 6.13. The van der Waals surface area contributed by atoms with Crippen LogP contribution >= 0.6 is 27.3 Å². The zero-order chi connectivity index (χ0) is 15.2. The van der Waals surface area contributed by atoms with E-state index in [1.165, 1.54) is 10.0 Å². The number of thiophene rings is 1. The molecule has 1 N–H and O–H groups in total. The van der Waals surface area contributed by atoms with Crippen molar-refractivity contribution in [2.24, 2.45) is 0 Å². The van der Waals surface area contributed by atoms with Gasteiger partial charge in [-0.1, -0.05) is 27.7 Å². The minimum absolute atomic E-state index is 0.141. The Morgan fingerprint density at radius 1 is 1.25 bits per heavy atom. The van der Waals surface area contributed by atoms with Crippen molar-refractivity contribution in [3.63, 3.8) is 0 Å². The van der Waals surface area contributed by atoms with Crippen molar-refractivity contribution in [3.05, 3.63) is 20.8 Å². The van der Waals surface area contributed by atoms with Crippen LogP contribution in [0.3, 0.4) is 0 Å². The monoisotopic (exact) mass is 360 g/mol. The van der Waals surface area contributed by atoms with Crippen LogP contribution in [0, 0.1) is 0 Å². The van der Waals surface area contributed by atoms with Crippen molar-refractivity contribution in [2.45, 2.75) is 59.0 Å². The Morgan fingerprint density at radius 2 is 1.90 bits per heavy atom. The molecule has 1 rings (SSSR count). The van der Waals surface area contributed by atoms with Crippen LogP contribution in [0.1, 0.15) is 59.1 Å². The largest absolute Gasteiger partial charge is 0.308 e. The van der Waals surface area contributed by atoms with E-state index in [-0.39, 0.29) is 5.54 Å². The first-order valence-electron chi connectivity index (χ1n) is 7.75. The molecule has 0 aliphatic heterocycles. The zero-order valence-corrected chi connectivity index (χ0v) is 15.9. The first-order valence-corrected chi connectivity index (χ1v) is 9.48. The highest BCUT2D eigenvalue weighted by molar-refractivity contribution is 9.10. The highest BCUT2D eigenvalue weighted by Crippen LogP contribution is 2.38. The molecule has 0 aliphatic carbocycles. The summed E-state index contributed by atoms with van der Waals surface area (Å²) >= 11 is 5.50. The van der Waals surface area contributed by atoms with Gasteiger partial charge in [-0.15, -0.1) is 0 Å². The van der Waals surface area contributed by atoms with E-state index in [9.17, 15) is 0 Å². The molecular formula is C16H29BrN2S. The fraction of sp³-hybridized carbons (Fsp3) is 0.750. The van der Waals surface area contributed by atoms with Crippen LogP contribution in [-0.2, 0) is 0 Å². The van der Waals surface area contributed by atoms with Crippen molar-refractivity contribution < 1.29 is 0 Å². The van der Waals surface area contributed by atoms with E-state index in [0.29, 0.717) is 6.04 Å². The van der Waals surface area contributed by atoms with Crippen molar-refractivity contribution in [2.75, 3.05) is 19.6 Å². The van der Waals surface area contributed by atoms with E-state index in [1.807, 2.05) is 0 Å². The molecule has 1 aromatic heterocycles. The molecule has 0 saturated carbocycles. The van der Waals surface area contributed by atoms with Crippen LogP contribution in [0.5, 0.6) is 0 Å². The van der Waals surface area contributed by atoms with Gasteiger partial charge >= 0.3 is 0 Å². The third-order valence-electron chi connectivity index (χ3n) is 4.38. The van der Waals surface area contributed by atoms with Gasteiger partial charge in [-0.05, 0) is 66.3 Å². The van der Waals surface area contributed by atoms with E-state index in [1.54, 1.807) is 11.3 Å². The Morgan fingerprint density at radius 3 is 2.30 bits per heavy atom. The molecule has 20 heavy (non-hydrogen) atoms. The maximum absolute atomic E-state index is 3.79. The highest BCUT2D eigenvalue weighted by atomic mass is 79.9. The van der Waals surface area contributed by atoms with E-state index in [4.69, 9.17) is 0 Å². The zero-order valence-electron chi connectivity index (χ0n) is 13.5. The molecule has 2 atom stereocenters. The van der Waals surface area contributed by atoms with Crippen LogP contribution in [0.15, 0.2) is 15.2 Å². The van der Waals surface area contributed by atoms with Gasteiger partial charge in [0, 0.05) is 15.4 Å². The molecule has 0 fully saturated rings. The lowest BCUT2D eigenvalue weighted by molar-refractivity contribution is 0.0697. The quantitative estimate of drug-likeness (QED) is 0.661. The van der Waals surface area contributed by atoms with E-state index >= 15 is 0 Å². The number of rotatable bonds is 9. The van der Waals surface area contributed by atoms with Gasteiger partial charge < -0.3 is 5.32 Å². The molecule has 1 heterocycles. The predicted molar refractivity (Wildman–Crippen MR) is 94.7 cm³/mol. The molecule has 0 bridgehead atoms. The minimum atomic E-state index is 0.141. The Balaban J connectivity index is 3.16. The van der Waals surface area contributed by atoms with Crippen molar-refractivity contribution in [3.8, 4) is 0 Å². The van der Waals surface area contributed by atoms with E-state index in [2.05, 4.69) is 71.5 Å². The highest BCUT2D eigenvalue weighted by Gasteiger charge is 2.38. The maximum Gasteiger partial charge on any atom is 0.0523 e. The van der Waals surface area contributed by atoms with Gasteiger partial charge in [0.25, 0.3) is 0 Å². The van der Waals surface area contributed by atoms with Gasteiger partial charge in [0.05, 0.1) is 6.04 Å². The molecule has 0 radical (unpaired) electrons. The van der Waals surface area contributed by atoms with Gasteiger partial charge in [0.2, 0.25) is 0 Å². The normalized spacial score (nSPS) is 16.4. The van der Waals surface area contributed by atoms with Crippen LogP contribution in [0.25, 0.3) is 0 Å². The molecule has 2 nitrogen and oxygen atoms in total. The number of nitrogens with one attached hydrogen (secondary N) is 1. The van der Waals surface area contributed by atoms with Crippen LogP contribution in [0.2, 0.25) is 0 Å². The van der Waals surface area contributed by atoms with Crippen molar-refractivity contribution in [1.82, 2.24) is 10.2 Å². The average molecular weight is 361 g/mol. The standard InChI is InChI=1S/C16H29BrN2S/c1-6-10-18-15(13-11-20-12-14(13)17)16(5,7-2)19(8-3)9-4/h11-12,15,18H,6-10H2,1-5H3. The number of halogens is 1. The Bertz CT molecular complexity index is 390. The van der Waals surface area contributed by atoms with E-state index in [0.717, 1.165) is 32.5 Å². The number of hydrogen-bond acceptors (Lipinski definition) is 3. The van der Waals surface area contributed by atoms with Gasteiger partial charge in [-0.25, -0.2) is 0 Å². The smallest absolute Gasteiger partial charge is 0.0523 e. The molecule has 0 aromatic carbocycles. The summed E-state index contributed by atoms with van der Waals surface area (Å²) in [6.07, 6.45) is 2.30. The molecule has 2 unspecified atom stereocenters. The molecule has 0 saturated heterocycles. The van der Waals surface area contributed by atoms with Crippen LogP contribution in [0.4, 0.5) is 0 Å². The predicted octanol–water partition coefficient (Wildman–Crippen LogP) is 5.06. The van der Waals surface area contributed by atoms with Crippen molar-refractivity contribution in [1.29, 1.82) is 0 Å². The summed E-state index contributed by atoms with van der Waals surface area (Å²) in [6, 6.07) is 0.368. The molecule has 1 aromatic rings. The molecule has 4 heteroatoms. The van der Waals surface area contributed by atoms with Gasteiger partial charge in [-0.2, -0.15) is 11.3 Å². The van der Waals surface area contributed by atoms with Crippen LogP contribution < -0.4 is 5.32 Å². The number of likely N-dealkylation sites (N-methyl/N-ethyl adjacent to an activating group) is 1. The second kappa shape index (κ2) is 8.52. The summed E-state index contributed by atoms with van der Waals surface area (Å²) in [6.45, 7) is 14.7. The summed E-state index contributed by atoms with van der Waals surface area (Å²) in [4.78, 5) is 2.59. The summed E-state index contributed by atoms with van der Waals surface area (Å²) < 4.78 is 1.24. The fourth-order valence-electron chi connectivity index (χ4n) is 3.01. The third kappa shape index (κ3) is 3.85. The topological polar surface area (TPSA) is 15.3 Å². The Hall–Kier alpha value is 0.1000. The fourth-order valence-corrected chi connectivity index (χ4v) is 4.56. The van der Waals surface area contributed by atoms with Gasteiger partial charge in [0.1, 0.15) is 0 Å². The summed E-state index contributed by atoms with van der Waals surface area (Å²) in [5, 5.41) is 8.26.